The number of nitrogens with zero attached hydrogens (tertiary/aromatic N) is 2. The van der Waals surface area contributed by atoms with Crippen molar-refractivity contribution in [2.45, 2.75) is 0 Å². The van der Waals surface area contributed by atoms with Crippen LogP contribution < -0.4 is 10.3 Å². The summed E-state index contributed by atoms with van der Waals surface area (Å²) in [7, 11) is 1.58. The van der Waals surface area contributed by atoms with Gasteiger partial charge in [-0.1, -0.05) is 6.07 Å². The lowest BCUT2D eigenvalue weighted by Crippen LogP contribution is -2.12. The molecule has 0 N–H and O–H groups in total. The van der Waals surface area contributed by atoms with Crippen LogP contribution in [0.4, 0.5) is 0 Å². The first-order valence-electron chi connectivity index (χ1n) is 4.74. The molecule has 0 aliphatic carbocycles. The first-order chi connectivity index (χ1) is 7.81. The van der Waals surface area contributed by atoms with E-state index in [1.807, 2.05) is 5.38 Å². The second-order valence-electron chi connectivity index (χ2n) is 3.33. The maximum absolute atomic E-state index is 12.1. The Morgan fingerprint density at radius 3 is 3.12 bits per heavy atom. The van der Waals surface area contributed by atoms with E-state index >= 15 is 0 Å². The predicted octanol–water partition coefficient (Wildman–Crippen LogP) is 1.92. The van der Waals surface area contributed by atoms with Gasteiger partial charge in [-0.25, -0.2) is 4.98 Å². The number of rotatable bonds is 1. The van der Waals surface area contributed by atoms with E-state index in [-0.39, 0.29) is 5.56 Å². The van der Waals surface area contributed by atoms with Gasteiger partial charge >= 0.3 is 0 Å². The second kappa shape index (κ2) is 3.31. The van der Waals surface area contributed by atoms with Gasteiger partial charge in [0.05, 0.1) is 12.5 Å². The molecule has 0 saturated carbocycles. The Balaban J connectivity index is 2.61. The Kier molecular flexibility index (Phi) is 1.94. The first-order valence-corrected chi connectivity index (χ1v) is 5.62. The molecule has 1 aromatic carbocycles. The van der Waals surface area contributed by atoms with E-state index in [1.54, 1.807) is 35.9 Å². The van der Waals surface area contributed by atoms with E-state index in [0.29, 0.717) is 21.6 Å². The SMILES string of the molecule is COc1cccc2c(=O)n3ccsc3nc12. The molecule has 16 heavy (non-hydrogen) atoms. The lowest BCUT2D eigenvalue weighted by atomic mass is 10.2. The lowest BCUT2D eigenvalue weighted by Gasteiger charge is -2.03. The third-order valence-electron chi connectivity index (χ3n) is 2.47. The Hall–Kier alpha value is -1.88. The summed E-state index contributed by atoms with van der Waals surface area (Å²) in [6.07, 6.45) is 1.73. The Morgan fingerprint density at radius 2 is 2.31 bits per heavy atom. The lowest BCUT2D eigenvalue weighted by molar-refractivity contribution is 0.419. The number of thiazole rings is 1. The van der Waals surface area contributed by atoms with Gasteiger partial charge in [-0.05, 0) is 12.1 Å². The van der Waals surface area contributed by atoms with Gasteiger partial charge in [-0.15, -0.1) is 11.3 Å². The van der Waals surface area contributed by atoms with Crippen molar-refractivity contribution in [2.24, 2.45) is 0 Å². The zero-order valence-corrected chi connectivity index (χ0v) is 9.32. The van der Waals surface area contributed by atoms with E-state index in [1.165, 1.54) is 11.3 Å². The fourth-order valence-electron chi connectivity index (χ4n) is 1.71. The molecule has 3 aromatic rings. The van der Waals surface area contributed by atoms with Crippen LogP contribution in [0.5, 0.6) is 5.75 Å². The smallest absolute Gasteiger partial charge is 0.266 e. The van der Waals surface area contributed by atoms with Crippen molar-refractivity contribution >= 4 is 27.2 Å². The standard InChI is InChI=1S/C11H8N2O2S/c1-15-8-4-2-3-7-9(8)12-11-13(10(7)14)5-6-16-11/h2-6H,1H3. The fraction of sp³-hybridized carbons (Fsp3) is 0.0909. The molecule has 0 aliphatic rings. The molecule has 0 saturated heterocycles. The minimum atomic E-state index is -0.0554. The van der Waals surface area contributed by atoms with E-state index in [0.717, 1.165) is 0 Å². The molecule has 5 heteroatoms. The Morgan fingerprint density at radius 1 is 1.44 bits per heavy atom. The van der Waals surface area contributed by atoms with E-state index in [2.05, 4.69) is 4.98 Å². The van der Waals surface area contributed by atoms with Crippen LogP contribution in [0.15, 0.2) is 34.6 Å². The third-order valence-corrected chi connectivity index (χ3v) is 3.22. The Labute approximate surface area is 94.7 Å². The predicted molar refractivity (Wildman–Crippen MR) is 63.4 cm³/mol. The number of hydrogen-bond donors (Lipinski definition) is 0. The van der Waals surface area contributed by atoms with E-state index < -0.39 is 0 Å². The number of hydrogen-bond acceptors (Lipinski definition) is 4. The van der Waals surface area contributed by atoms with Crippen molar-refractivity contribution in [3.63, 3.8) is 0 Å². The van der Waals surface area contributed by atoms with Crippen LogP contribution >= 0.6 is 11.3 Å². The van der Waals surface area contributed by atoms with Crippen LogP contribution in [-0.4, -0.2) is 16.5 Å². The molecular weight excluding hydrogens is 224 g/mol. The fourth-order valence-corrected chi connectivity index (χ4v) is 2.41. The van der Waals surface area contributed by atoms with Gasteiger partial charge in [0.1, 0.15) is 11.3 Å². The van der Waals surface area contributed by atoms with Crippen molar-refractivity contribution in [3.8, 4) is 5.75 Å². The molecule has 0 amide bonds. The maximum atomic E-state index is 12.1. The summed E-state index contributed by atoms with van der Waals surface area (Å²) in [5.41, 5.74) is 0.567. The van der Waals surface area contributed by atoms with Crippen LogP contribution in [0.25, 0.3) is 15.9 Å². The summed E-state index contributed by atoms with van der Waals surface area (Å²) in [5, 5.41) is 2.42. The van der Waals surface area contributed by atoms with Crippen LogP contribution in [0.3, 0.4) is 0 Å². The summed E-state index contributed by atoms with van der Waals surface area (Å²) in [6.45, 7) is 0. The van der Waals surface area contributed by atoms with Crippen molar-refractivity contribution in [1.82, 2.24) is 9.38 Å². The highest BCUT2D eigenvalue weighted by atomic mass is 32.1. The van der Waals surface area contributed by atoms with Crippen LogP contribution in [0, 0.1) is 0 Å². The highest BCUT2D eigenvalue weighted by molar-refractivity contribution is 7.15. The molecule has 0 unspecified atom stereocenters. The summed E-state index contributed by atoms with van der Waals surface area (Å²) in [4.78, 5) is 17.2. The highest BCUT2D eigenvalue weighted by Crippen LogP contribution is 2.22. The molecule has 0 bridgehead atoms. The minimum Gasteiger partial charge on any atom is -0.494 e. The largest absolute Gasteiger partial charge is 0.494 e. The molecule has 0 aliphatic heterocycles. The third kappa shape index (κ3) is 1.15. The number of aromatic nitrogens is 2. The molecule has 4 nitrogen and oxygen atoms in total. The molecular formula is C11H8N2O2S. The zero-order valence-electron chi connectivity index (χ0n) is 8.51. The summed E-state index contributed by atoms with van der Waals surface area (Å²) >= 11 is 1.43. The maximum Gasteiger partial charge on any atom is 0.266 e. The molecule has 0 spiro atoms. The van der Waals surface area contributed by atoms with Crippen molar-refractivity contribution in [3.05, 3.63) is 40.1 Å². The van der Waals surface area contributed by atoms with E-state index in [9.17, 15) is 4.79 Å². The monoisotopic (exact) mass is 232 g/mol. The van der Waals surface area contributed by atoms with Gasteiger partial charge in [-0.2, -0.15) is 0 Å². The summed E-state index contributed by atoms with van der Waals surface area (Å²) in [5.74, 6) is 0.630. The van der Waals surface area contributed by atoms with Gasteiger partial charge in [0.2, 0.25) is 0 Å². The van der Waals surface area contributed by atoms with Crippen molar-refractivity contribution in [2.75, 3.05) is 7.11 Å². The van der Waals surface area contributed by atoms with Gasteiger partial charge in [0.15, 0.2) is 4.96 Å². The van der Waals surface area contributed by atoms with Crippen LogP contribution in [0.2, 0.25) is 0 Å². The molecule has 2 heterocycles. The molecule has 2 aromatic heterocycles. The molecule has 80 valence electrons. The summed E-state index contributed by atoms with van der Waals surface area (Å²) in [6, 6.07) is 5.36. The van der Waals surface area contributed by atoms with Crippen molar-refractivity contribution < 1.29 is 4.74 Å². The van der Waals surface area contributed by atoms with Gasteiger partial charge in [0.25, 0.3) is 5.56 Å². The molecule has 0 fully saturated rings. The summed E-state index contributed by atoms with van der Waals surface area (Å²) < 4.78 is 6.75. The highest BCUT2D eigenvalue weighted by Gasteiger charge is 2.09. The van der Waals surface area contributed by atoms with Gasteiger partial charge in [0, 0.05) is 11.6 Å². The van der Waals surface area contributed by atoms with Gasteiger partial charge in [-0.3, -0.25) is 9.20 Å². The average molecular weight is 232 g/mol. The number of methoxy groups -OCH3 is 1. The van der Waals surface area contributed by atoms with Crippen LogP contribution in [0.1, 0.15) is 0 Å². The average Bonchev–Trinajstić information content (AvgIpc) is 2.77. The molecule has 3 rings (SSSR count). The second-order valence-corrected chi connectivity index (χ2v) is 4.20. The molecule has 0 atom stereocenters. The topological polar surface area (TPSA) is 43.6 Å². The Bertz CT molecular complexity index is 730. The number of benzene rings is 1. The zero-order chi connectivity index (χ0) is 11.1. The number of para-hydroxylation sites is 1. The van der Waals surface area contributed by atoms with Gasteiger partial charge < -0.3 is 4.74 Å². The number of fused-ring (bicyclic) bond motifs is 2. The minimum absolute atomic E-state index is 0.0554. The van der Waals surface area contributed by atoms with E-state index in [4.69, 9.17) is 4.74 Å². The quantitative estimate of drug-likeness (QED) is 0.643. The first kappa shape index (κ1) is 9.35. The van der Waals surface area contributed by atoms with Crippen molar-refractivity contribution in [1.29, 1.82) is 0 Å². The number of ether oxygens (including phenoxy) is 1. The molecule has 0 radical (unpaired) electrons. The normalized spacial score (nSPS) is 11.1. The van der Waals surface area contributed by atoms with Crippen LogP contribution in [-0.2, 0) is 0 Å².